The maximum absolute atomic E-state index is 11.0. The fourth-order valence-electron chi connectivity index (χ4n) is 2.74. The van der Waals surface area contributed by atoms with Gasteiger partial charge in [-0.05, 0) is 31.7 Å². The number of oxazole rings is 1. The van der Waals surface area contributed by atoms with E-state index in [1.165, 1.54) is 6.07 Å². The van der Waals surface area contributed by atoms with Crippen molar-refractivity contribution in [2.45, 2.75) is 19.4 Å². The van der Waals surface area contributed by atoms with Gasteiger partial charge in [0.15, 0.2) is 5.58 Å². The molecule has 1 unspecified atom stereocenters. The first-order valence-electron chi connectivity index (χ1n) is 7.17. The van der Waals surface area contributed by atoms with Crippen LogP contribution in [0, 0.1) is 0 Å². The number of carboxylic acid groups (broad SMARTS) is 1. The van der Waals surface area contributed by atoms with Gasteiger partial charge in [0.2, 0.25) is 0 Å². The first kappa shape index (κ1) is 13.9. The van der Waals surface area contributed by atoms with Crippen LogP contribution in [0.3, 0.4) is 0 Å². The minimum atomic E-state index is -0.958. The lowest BCUT2D eigenvalue weighted by Crippen LogP contribution is -2.51. The van der Waals surface area contributed by atoms with E-state index in [0.717, 1.165) is 26.1 Å². The number of aromatic nitrogens is 1. The third-order valence-corrected chi connectivity index (χ3v) is 4.14. The molecule has 1 fully saturated rings. The zero-order chi connectivity index (χ0) is 15.0. The number of likely N-dealkylation sites (N-methyl/N-ethyl adjacent to an activating group) is 1. The zero-order valence-corrected chi connectivity index (χ0v) is 12.2. The van der Waals surface area contributed by atoms with Gasteiger partial charge in [-0.1, -0.05) is 6.92 Å². The van der Waals surface area contributed by atoms with Gasteiger partial charge in [-0.2, -0.15) is 4.98 Å². The molecule has 2 aromatic rings. The lowest BCUT2D eigenvalue weighted by atomic mass is 10.1. The lowest BCUT2D eigenvalue weighted by molar-refractivity contribution is 0.0697. The molecule has 1 aromatic carbocycles. The predicted octanol–water partition coefficient (Wildman–Crippen LogP) is 2.06. The zero-order valence-electron chi connectivity index (χ0n) is 12.2. The van der Waals surface area contributed by atoms with E-state index in [2.05, 4.69) is 28.8 Å². The molecular formula is C15H19N3O3. The second-order valence-electron chi connectivity index (χ2n) is 5.47. The van der Waals surface area contributed by atoms with E-state index in [1.54, 1.807) is 12.1 Å². The molecule has 0 bridgehead atoms. The molecule has 1 saturated heterocycles. The summed E-state index contributed by atoms with van der Waals surface area (Å²) in [5.74, 6) is -0.958. The average Bonchev–Trinajstić information content (AvgIpc) is 2.90. The van der Waals surface area contributed by atoms with Crippen molar-refractivity contribution in [3.05, 3.63) is 23.8 Å². The number of hydrogen-bond acceptors (Lipinski definition) is 5. The van der Waals surface area contributed by atoms with Gasteiger partial charge < -0.3 is 14.4 Å². The molecule has 2 heterocycles. The average molecular weight is 289 g/mol. The monoisotopic (exact) mass is 289 g/mol. The fraction of sp³-hybridized carbons (Fsp3) is 0.467. The summed E-state index contributed by atoms with van der Waals surface area (Å²) < 4.78 is 5.76. The summed E-state index contributed by atoms with van der Waals surface area (Å²) >= 11 is 0. The Labute approximate surface area is 123 Å². The van der Waals surface area contributed by atoms with Crippen molar-refractivity contribution in [1.29, 1.82) is 0 Å². The normalized spacial score (nSPS) is 20.1. The van der Waals surface area contributed by atoms with E-state index in [4.69, 9.17) is 9.52 Å². The van der Waals surface area contributed by atoms with Gasteiger partial charge in [-0.25, -0.2) is 4.79 Å². The third-order valence-electron chi connectivity index (χ3n) is 4.14. The minimum Gasteiger partial charge on any atom is -0.478 e. The standard InChI is InChI=1S/C15H19N3O3/c1-3-11-9-18(7-6-17(11)2)15-16-12-5-4-10(14(19)20)8-13(12)21-15/h4-5,8,11H,3,6-7,9H2,1-2H3,(H,19,20). The van der Waals surface area contributed by atoms with E-state index >= 15 is 0 Å². The number of benzene rings is 1. The molecule has 0 amide bonds. The number of hydrogen-bond donors (Lipinski definition) is 1. The number of aromatic carboxylic acids is 1. The maximum atomic E-state index is 11.0. The molecule has 1 aromatic heterocycles. The molecule has 6 heteroatoms. The van der Waals surface area contributed by atoms with Crippen LogP contribution < -0.4 is 4.90 Å². The highest BCUT2D eigenvalue weighted by Crippen LogP contribution is 2.25. The largest absolute Gasteiger partial charge is 0.478 e. The van der Waals surface area contributed by atoms with E-state index < -0.39 is 5.97 Å². The molecule has 1 atom stereocenters. The Balaban J connectivity index is 1.89. The molecule has 6 nitrogen and oxygen atoms in total. The Morgan fingerprint density at radius 1 is 1.48 bits per heavy atom. The Kier molecular flexibility index (Phi) is 3.55. The molecule has 0 radical (unpaired) electrons. The van der Waals surface area contributed by atoms with Crippen LogP contribution in [0.25, 0.3) is 11.1 Å². The second kappa shape index (κ2) is 5.37. The van der Waals surface area contributed by atoms with Gasteiger partial charge in [0.25, 0.3) is 6.01 Å². The minimum absolute atomic E-state index is 0.218. The summed E-state index contributed by atoms with van der Waals surface area (Å²) in [5, 5.41) is 9.02. The SMILES string of the molecule is CCC1CN(c2nc3ccc(C(=O)O)cc3o2)CCN1C. The summed E-state index contributed by atoms with van der Waals surface area (Å²) in [4.78, 5) is 20.0. The highest BCUT2D eigenvalue weighted by atomic mass is 16.4. The van der Waals surface area contributed by atoms with E-state index in [1.807, 2.05) is 0 Å². The van der Waals surface area contributed by atoms with Crippen LogP contribution in [0.5, 0.6) is 0 Å². The number of carboxylic acids is 1. The van der Waals surface area contributed by atoms with Crippen LogP contribution in [0.2, 0.25) is 0 Å². The van der Waals surface area contributed by atoms with E-state index in [0.29, 0.717) is 23.2 Å². The Hall–Kier alpha value is -2.08. The van der Waals surface area contributed by atoms with Gasteiger partial charge in [0.1, 0.15) is 5.52 Å². The molecule has 1 aliphatic heterocycles. The second-order valence-corrected chi connectivity index (χ2v) is 5.47. The van der Waals surface area contributed by atoms with Crippen molar-refractivity contribution in [3.63, 3.8) is 0 Å². The summed E-state index contributed by atoms with van der Waals surface area (Å²) in [6.07, 6.45) is 1.08. The molecule has 1 aliphatic rings. The summed E-state index contributed by atoms with van der Waals surface area (Å²) in [7, 11) is 2.14. The van der Waals surface area contributed by atoms with Crippen LogP contribution >= 0.6 is 0 Å². The molecule has 0 spiro atoms. The maximum Gasteiger partial charge on any atom is 0.335 e. The Bertz CT molecular complexity index is 667. The summed E-state index contributed by atoms with van der Waals surface area (Å²) in [5.41, 5.74) is 1.44. The van der Waals surface area contributed by atoms with Crippen LogP contribution in [0.4, 0.5) is 6.01 Å². The van der Waals surface area contributed by atoms with E-state index in [9.17, 15) is 4.79 Å². The summed E-state index contributed by atoms with van der Waals surface area (Å²) in [6, 6.07) is 5.85. The quantitative estimate of drug-likeness (QED) is 0.932. The molecule has 3 rings (SSSR count). The van der Waals surface area contributed by atoms with Crippen LogP contribution in [0.15, 0.2) is 22.6 Å². The number of nitrogens with zero attached hydrogens (tertiary/aromatic N) is 3. The van der Waals surface area contributed by atoms with E-state index in [-0.39, 0.29) is 5.56 Å². The highest BCUT2D eigenvalue weighted by molar-refractivity contribution is 5.92. The number of fused-ring (bicyclic) bond motifs is 1. The van der Waals surface area contributed by atoms with Gasteiger partial charge in [0.05, 0.1) is 5.56 Å². The van der Waals surface area contributed by atoms with Crippen molar-refractivity contribution in [2.24, 2.45) is 0 Å². The smallest absolute Gasteiger partial charge is 0.335 e. The molecule has 1 N–H and O–H groups in total. The van der Waals surface area contributed by atoms with Gasteiger partial charge in [-0.3, -0.25) is 4.90 Å². The van der Waals surface area contributed by atoms with Gasteiger partial charge in [-0.15, -0.1) is 0 Å². The van der Waals surface area contributed by atoms with Crippen molar-refractivity contribution in [2.75, 3.05) is 31.6 Å². The molecule has 0 saturated carbocycles. The van der Waals surface area contributed by atoms with Gasteiger partial charge in [0, 0.05) is 25.7 Å². The van der Waals surface area contributed by atoms with Crippen LogP contribution in [0.1, 0.15) is 23.7 Å². The summed E-state index contributed by atoms with van der Waals surface area (Å²) in [6.45, 7) is 4.89. The molecule has 21 heavy (non-hydrogen) atoms. The van der Waals surface area contributed by atoms with Crippen LogP contribution in [-0.2, 0) is 0 Å². The molecular weight excluding hydrogens is 270 g/mol. The van der Waals surface area contributed by atoms with Crippen molar-refractivity contribution in [1.82, 2.24) is 9.88 Å². The fourth-order valence-corrected chi connectivity index (χ4v) is 2.74. The van der Waals surface area contributed by atoms with Crippen molar-refractivity contribution >= 4 is 23.1 Å². The lowest BCUT2D eigenvalue weighted by Gasteiger charge is -2.38. The predicted molar refractivity (Wildman–Crippen MR) is 79.9 cm³/mol. The Morgan fingerprint density at radius 2 is 2.29 bits per heavy atom. The highest BCUT2D eigenvalue weighted by Gasteiger charge is 2.26. The number of piperazine rings is 1. The van der Waals surface area contributed by atoms with Crippen molar-refractivity contribution in [3.8, 4) is 0 Å². The first-order chi connectivity index (χ1) is 10.1. The number of rotatable bonds is 3. The van der Waals surface area contributed by atoms with Crippen molar-refractivity contribution < 1.29 is 14.3 Å². The number of anilines is 1. The van der Waals surface area contributed by atoms with Crippen LogP contribution in [-0.4, -0.2) is 53.7 Å². The Morgan fingerprint density at radius 3 is 3.00 bits per heavy atom. The van der Waals surface area contributed by atoms with Gasteiger partial charge >= 0.3 is 5.97 Å². The molecule has 112 valence electrons. The third kappa shape index (κ3) is 2.58. The molecule has 0 aliphatic carbocycles. The number of carbonyl (C=O) groups is 1. The first-order valence-corrected chi connectivity index (χ1v) is 7.17. The topological polar surface area (TPSA) is 69.8 Å².